The quantitative estimate of drug-likeness (QED) is 0.441. The van der Waals surface area contributed by atoms with Crippen LogP contribution in [0.5, 0.6) is 0 Å². The van der Waals surface area contributed by atoms with Crippen molar-refractivity contribution >= 4 is 43.8 Å². The van der Waals surface area contributed by atoms with E-state index in [1.54, 1.807) is 0 Å². The number of halogens is 2. The first kappa shape index (κ1) is 14.8. The minimum atomic E-state index is -2.17. The molecule has 0 radical (unpaired) electrons. The number of carbonyl (C=O) groups is 2. The van der Waals surface area contributed by atoms with Crippen LogP contribution in [0, 0.1) is 0 Å². The van der Waals surface area contributed by atoms with Crippen LogP contribution in [-0.2, 0) is 14.3 Å². The molecule has 0 aliphatic heterocycles. The van der Waals surface area contributed by atoms with E-state index in [1.165, 1.54) is 0 Å². The number of alkyl halides is 2. The van der Waals surface area contributed by atoms with Crippen LogP contribution < -0.4 is 0 Å². The van der Waals surface area contributed by atoms with Crippen LogP contribution >= 0.6 is 31.9 Å². The standard InChI is InChI=1S/C7H10Br2O6/c8-1-3(9)2-15-7(14)5(11)4(10)6(12)13/h3-5,10-11H,1-2H2,(H,12,13). The smallest absolute Gasteiger partial charge is 0.338 e. The van der Waals surface area contributed by atoms with Gasteiger partial charge in [-0.1, -0.05) is 31.9 Å². The summed E-state index contributed by atoms with van der Waals surface area (Å²) in [7, 11) is 0. The van der Waals surface area contributed by atoms with Crippen LogP contribution in [0.25, 0.3) is 0 Å². The number of carboxylic acid groups (broad SMARTS) is 1. The number of aliphatic hydroxyl groups is 2. The van der Waals surface area contributed by atoms with Crippen LogP contribution in [-0.4, -0.2) is 56.2 Å². The Labute approximate surface area is 102 Å². The number of carbonyl (C=O) groups excluding carboxylic acids is 1. The average molecular weight is 350 g/mol. The second-order valence-electron chi connectivity index (χ2n) is 2.61. The van der Waals surface area contributed by atoms with E-state index in [2.05, 4.69) is 36.6 Å². The maximum absolute atomic E-state index is 11.0. The summed E-state index contributed by atoms with van der Waals surface area (Å²) in [5, 5.41) is 26.6. The Hall–Kier alpha value is -0.180. The van der Waals surface area contributed by atoms with Crippen molar-refractivity contribution in [2.45, 2.75) is 17.0 Å². The van der Waals surface area contributed by atoms with Crippen molar-refractivity contribution in [1.29, 1.82) is 0 Å². The lowest BCUT2D eigenvalue weighted by atomic mass is 10.2. The normalized spacial score (nSPS) is 16.5. The molecule has 0 aromatic heterocycles. The minimum absolute atomic E-state index is 0.0342. The zero-order chi connectivity index (χ0) is 12.0. The molecule has 15 heavy (non-hydrogen) atoms. The first-order valence-corrected chi connectivity index (χ1v) is 5.89. The van der Waals surface area contributed by atoms with E-state index in [9.17, 15) is 9.59 Å². The van der Waals surface area contributed by atoms with Gasteiger partial charge in [-0.25, -0.2) is 9.59 Å². The van der Waals surface area contributed by atoms with Crippen molar-refractivity contribution in [3.05, 3.63) is 0 Å². The first-order valence-electron chi connectivity index (χ1n) is 3.85. The molecule has 0 bridgehead atoms. The summed E-state index contributed by atoms with van der Waals surface area (Å²) in [6.07, 6.45) is -4.24. The molecule has 8 heteroatoms. The molecule has 0 saturated carbocycles. The summed E-state index contributed by atoms with van der Waals surface area (Å²) in [6.45, 7) is -0.0342. The fourth-order valence-corrected chi connectivity index (χ4v) is 0.886. The molecule has 88 valence electrons. The molecule has 0 amide bonds. The highest BCUT2D eigenvalue weighted by Gasteiger charge is 2.31. The van der Waals surface area contributed by atoms with Crippen LogP contribution in [0.4, 0.5) is 0 Å². The number of rotatable bonds is 6. The van der Waals surface area contributed by atoms with Crippen molar-refractivity contribution in [3.8, 4) is 0 Å². The SMILES string of the molecule is O=C(O)C(O)C(O)C(=O)OCC(Br)CBr. The molecule has 0 aromatic rings. The summed E-state index contributed by atoms with van der Waals surface area (Å²) >= 11 is 6.25. The summed E-state index contributed by atoms with van der Waals surface area (Å²) in [4.78, 5) is 21.0. The maximum Gasteiger partial charge on any atom is 0.338 e. The molecule has 0 heterocycles. The molecule has 0 saturated heterocycles. The number of aliphatic carboxylic acids is 1. The highest BCUT2D eigenvalue weighted by atomic mass is 79.9. The second-order valence-corrected chi connectivity index (χ2v) is 4.55. The molecule has 0 spiro atoms. The van der Waals surface area contributed by atoms with Crippen molar-refractivity contribution < 1.29 is 29.6 Å². The Morgan fingerprint density at radius 1 is 1.27 bits per heavy atom. The molecule has 0 aromatic carbocycles. The van der Waals surface area contributed by atoms with E-state index >= 15 is 0 Å². The number of hydrogen-bond donors (Lipinski definition) is 3. The number of aliphatic hydroxyl groups excluding tert-OH is 2. The molecule has 0 fully saturated rings. The summed E-state index contributed by atoms with van der Waals surface area (Å²) in [6, 6.07) is 0. The minimum Gasteiger partial charge on any atom is -0.479 e. The molecule has 0 rings (SSSR count). The number of carboxylic acids is 1. The fraction of sp³-hybridized carbons (Fsp3) is 0.714. The van der Waals surface area contributed by atoms with Crippen molar-refractivity contribution in [3.63, 3.8) is 0 Å². The van der Waals surface area contributed by atoms with Crippen LogP contribution in [0.2, 0.25) is 0 Å². The van der Waals surface area contributed by atoms with E-state index in [1.807, 2.05) is 0 Å². The van der Waals surface area contributed by atoms with Gasteiger partial charge >= 0.3 is 11.9 Å². The van der Waals surface area contributed by atoms with Gasteiger partial charge in [0.05, 0.1) is 4.83 Å². The van der Waals surface area contributed by atoms with Crippen LogP contribution in [0.15, 0.2) is 0 Å². The van der Waals surface area contributed by atoms with Gasteiger partial charge in [0.15, 0.2) is 12.2 Å². The highest BCUT2D eigenvalue weighted by Crippen LogP contribution is 2.05. The van der Waals surface area contributed by atoms with Crippen molar-refractivity contribution in [2.24, 2.45) is 0 Å². The van der Waals surface area contributed by atoms with Gasteiger partial charge in [-0.15, -0.1) is 0 Å². The Kier molecular flexibility index (Phi) is 7.07. The lowest BCUT2D eigenvalue weighted by Gasteiger charge is -2.14. The Morgan fingerprint density at radius 3 is 2.20 bits per heavy atom. The van der Waals surface area contributed by atoms with Crippen molar-refractivity contribution in [2.75, 3.05) is 11.9 Å². The number of ether oxygens (including phenoxy) is 1. The van der Waals surface area contributed by atoms with Gasteiger partial charge in [-0.2, -0.15) is 0 Å². The average Bonchev–Trinajstić information content (AvgIpc) is 2.22. The Bertz CT molecular complexity index is 234. The molecule has 0 aliphatic rings. The third-order valence-electron chi connectivity index (χ3n) is 1.37. The molecule has 3 N–H and O–H groups in total. The predicted octanol–water partition coefficient (Wildman–Crippen LogP) is -0.506. The van der Waals surface area contributed by atoms with Gasteiger partial charge < -0.3 is 20.1 Å². The Balaban J connectivity index is 4.05. The lowest BCUT2D eigenvalue weighted by Crippen LogP contribution is -2.41. The second kappa shape index (κ2) is 7.15. The van der Waals surface area contributed by atoms with Crippen LogP contribution in [0.3, 0.4) is 0 Å². The summed E-state index contributed by atoms with van der Waals surface area (Å²) in [5.74, 6) is -2.86. The number of esters is 1. The molecule has 3 unspecified atom stereocenters. The van der Waals surface area contributed by atoms with Gasteiger partial charge in [-0.3, -0.25) is 0 Å². The van der Waals surface area contributed by atoms with E-state index in [0.717, 1.165) is 0 Å². The van der Waals surface area contributed by atoms with E-state index in [4.69, 9.17) is 15.3 Å². The first-order chi connectivity index (χ1) is 6.90. The summed E-state index contributed by atoms with van der Waals surface area (Å²) in [5.41, 5.74) is 0. The van der Waals surface area contributed by atoms with Gasteiger partial charge in [0.2, 0.25) is 0 Å². The zero-order valence-corrected chi connectivity index (χ0v) is 10.6. The van der Waals surface area contributed by atoms with Gasteiger partial charge in [0, 0.05) is 5.33 Å². The van der Waals surface area contributed by atoms with Crippen LogP contribution in [0.1, 0.15) is 0 Å². The Morgan fingerprint density at radius 2 is 1.80 bits per heavy atom. The molecule has 3 atom stereocenters. The third kappa shape index (κ3) is 5.45. The molecule has 0 aliphatic carbocycles. The van der Waals surface area contributed by atoms with Gasteiger partial charge in [-0.05, 0) is 0 Å². The van der Waals surface area contributed by atoms with Crippen molar-refractivity contribution in [1.82, 2.24) is 0 Å². The lowest BCUT2D eigenvalue weighted by molar-refractivity contribution is -0.169. The van der Waals surface area contributed by atoms with E-state index in [0.29, 0.717) is 5.33 Å². The molecule has 6 nitrogen and oxygen atoms in total. The number of hydrogen-bond acceptors (Lipinski definition) is 5. The fourth-order valence-electron chi connectivity index (χ4n) is 0.566. The van der Waals surface area contributed by atoms with Gasteiger partial charge in [0.1, 0.15) is 6.61 Å². The van der Waals surface area contributed by atoms with E-state index in [-0.39, 0.29) is 11.4 Å². The monoisotopic (exact) mass is 348 g/mol. The zero-order valence-electron chi connectivity index (χ0n) is 7.47. The predicted molar refractivity (Wildman–Crippen MR) is 57.1 cm³/mol. The summed E-state index contributed by atoms with van der Waals surface area (Å²) < 4.78 is 4.54. The topological polar surface area (TPSA) is 104 Å². The molecular formula is C7H10Br2O6. The largest absolute Gasteiger partial charge is 0.479 e. The van der Waals surface area contributed by atoms with E-state index < -0.39 is 24.1 Å². The third-order valence-corrected chi connectivity index (χ3v) is 3.61. The molecular weight excluding hydrogens is 340 g/mol. The maximum atomic E-state index is 11.0. The van der Waals surface area contributed by atoms with Gasteiger partial charge in [0.25, 0.3) is 0 Å². The highest BCUT2D eigenvalue weighted by molar-refractivity contribution is 9.12.